The second-order valence-corrected chi connectivity index (χ2v) is 10.2. The summed E-state index contributed by atoms with van der Waals surface area (Å²) in [5.41, 5.74) is 3.11. The van der Waals surface area contributed by atoms with E-state index < -0.39 is 11.4 Å². The lowest BCUT2D eigenvalue weighted by atomic mass is 9.69. The van der Waals surface area contributed by atoms with Crippen LogP contribution < -0.4 is 14.8 Å². The number of hydrogen-bond acceptors (Lipinski definition) is 4. The lowest BCUT2D eigenvalue weighted by Crippen LogP contribution is -2.46. The van der Waals surface area contributed by atoms with E-state index in [9.17, 15) is 4.55 Å². The van der Waals surface area contributed by atoms with Crippen molar-refractivity contribution in [3.05, 3.63) is 29.3 Å². The van der Waals surface area contributed by atoms with Gasteiger partial charge in [0.05, 0.1) is 7.11 Å². The minimum Gasteiger partial charge on any atom is -0.598 e. The first kappa shape index (κ1) is 18.1. The number of methoxy groups -OCH3 is 1. The summed E-state index contributed by atoms with van der Waals surface area (Å²) in [4.78, 5) is 0. The van der Waals surface area contributed by atoms with Crippen molar-refractivity contribution >= 4 is 11.4 Å². The number of piperidine rings is 1. The van der Waals surface area contributed by atoms with Gasteiger partial charge < -0.3 is 14.6 Å². The molecule has 1 fully saturated rings. The van der Waals surface area contributed by atoms with Crippen LogP contribution in [0, 0.1) is 5.41 Å². The molecule has 0 bridgehead atoms. The molecule has 0 radical (unpaired) electrons. The maximum absolute atomic E-state index is 12.5. The molecule has 0 amide bonds. The molecule has 1 saturated heterocycles. The Hall–Kier alpha value is -0.750. The van der Waals surface area contributed by atoms with E-state index in [1.807, 2.05) is 20.8 Å². The van der Waals surface area contributed by atoms with Gasteiger partial charge in [-0.15, -0.1) is 4.72 Å². The lowest BCUT2D eigenvalue weighted by molar-refractivity contribution is 0.172. The first-order valence-electron chi connectivity index (χ1n) is 8.89. The summed E-state index contributed by atoms with van der Waals surface area (Å²) in [5, 5.41) is 3.49. The van der Waals surface area contributed by atoms with Crippen LogP contribution in [-0.4, -0.2) is 36.0 Å². The molecule has 1 aromatic carbocycles. The Bertz CT molecular complexity index is 579. The maximum atomic E-state index is 12.5. The van der Waals surface area contributed by atoms with Gasteiger partial charge in [-0.2, -0.15) is 0 Å². The average molecular weight is 351 g/mol. The normalized spacial score (nSPS) is 24.0. The van der Waals surface area contributed by atoms with Crippen molar-refractivity contribution in [3.63, 3.8) is 0 Å². The summed E-state index contributed by atoms with van der Waals surface area (Å²) in [6.45, 7) is 8.96. The van der Waals surface area contributed by atoms with Crippen LogP contribution in [0.25, 0.3) is 0 Å². The lowest BCUT2D eigenvalue weighted by Gasteiger charge is -2.40. The van der Waals surface area contributed by atoms with Gasteiger partial charge in [0.1, 0.15) is 10.5 Å². The molecule has 1 unspecified atom stereocenters. The summed E-state index contributed by atoms with van der Waals surface area (Å²) < 4.78 is 21.0. The molecule has 2 aliphatic rings. The molecule has 24 heavy (non-hydrogen) atoms. The Morgan fingerprint density at radius 2 is 2.04 bits per heavy atom. The van der Waals surface area contributed by atoms with Crippen LogP contribution in [0.15, 0.2) is 18.2 Å². The van der Waals surface area contributed by atoms with Gasteiger partial charge in [-0.3, -0.25) is 0 Å². The zero-order chi connectivity index (χ0) is 17.4. The Morgan fingerprint density at radius 3 is 2.67 bits per heavy atom. The zero-order valence-electron chi connectivity index (χ0n) is 15.3. The predicted molar refractivity (Wildman–Crippen MR) is 99.9 cm³/mol. The molecule has 2 atom stereocenters. The Labute approximate surface area is 149 Å². The Kier molecular flexibility index (Phi) is 5.17. The summed E-state index contributed by atoms with van der Waals surface area (Å²) >= 11 is -1.04. The highest BCUT2D eigenvalue weighted by atomic mass is 32.2. The van der Waals surface area contributed by atoms with Crippen molar-refractivity contribution in [2.45, 2.75) is 50.7 Å². The molecule has 1 aromatic rings. The number of rotatable bonds is 4. The van der Waals surface area contributed by atoms with Gasteiger partial charge in [0.2, 0.25) is 0 Å². The highest BCUT2D eigenvalue weighted by Crippen LogP contribution is 2.53. The molecule has 134 valence electrons. The molecule has 0 saturated carbocycles. The number of fused-ring (bicyclic) bond motifs is 1. The quantitative estimate of drug-likeness (QED) is 0.820. The second kappa shape index (κ2) is 6.87. The summed E-state index contributed by atoms with van der Waals surface area (Å²) in [6, 6.07) is 6.48. The van der Waals surface area contributed by atoms with Crippen LogP contribution in [0.2, 0.25) is 0 Å². The Morgan fingerprint density at radius 1 is 1.33 bits per heavy atom. The van der Waals surface area contributed by atoms with Gasteiger partial charge in [-0.1, -0.05) is 6.07 Å². The van der Waals surface area contributed by atoms with Crippen LogP contribution in [0.1, 0.15) is 50.7 Å². The van der Waals surface area contributed by atoms with E-state index in [1.54, 1.807) is 7.11 Å². The molecular formula is C19H30N2O2S. The van der Waals surface area contributed by atoms with Gasteiger partial charge in [0, 0.05) is 23.8 Å². The van der Waals surface area contributed by atoms with Crippen molar-refractivity contribution in [2.24, 2.45) is 5.41 Å². The summed E-state index contributed by atoms with van der Waals surface area (Å²) in [6.07, 6.45) is 3.49. The minimum absolute atomic E-state index is 0.239. The number of hydrogen-bond donors (Lipinski definition) is 2. The maximum Gasteiger partial charge on any atom is 0.136 e. The summed E-state index contributed by atoms with van der Waals surface area (Å²) in [5.74, 6) is 1.32. The molecule has 3 rings (SSSR count). The molecule has 1 aliphatic heterocycles. The molecule has 1 heterocycles. The number of benzene rings is 1. The van der Waals surface area contributed by atoms with E-state index in [4.69, 9.17) is 4.74 Å². The molecule has 0 aromatic heterocycles. The first-order valence-corrected chi connectivity index (χ1v) is 10.0. The van der Waals surface area contributed by atoms with Gasteiger partial charge in [0.15, 0.2) is 0 Å². The zero-order valence-corrected chi connectivity index (χ0v) is 16.1. The summed E-state index contributed by atoms with van der Waals surface area (Å²) in [7, 11) is 1.72. The first-order chi connectivity index (χ1) is 11.4. The molecule has 4 nitrogen and oxygen atoms in total. The fraction of sp³-hybridized carbons (Fsp3) is 0.684. The Balaban J connectivity index is 1.86. The van der Waals surface area contributed by atoms with E-state index >= 15 is 0 Å². The van der Waals surface area contributed by atoms with Gasteiger partial charge in [0.25, 0.3) is 0 Å². The molecule has 1 aliphatic carbocycles. The van der Waals surface area contributed by atoms with E-state index in [0.29, 0.717) is 5.92 Å². The van der Waals surface area contributed by atoms with Crippen molar-refractivity contribution in [1.82, 2.24) is 10.0 Å². The van der Waals surface area contributed by atoms with Crippen LogP contribution in [0.5, 0.6) is 5.75 Å². The van der Waals surface area contributed by atoms with Crippen molar-refractivity contribution in [2.75, 3.05) is 26.7 Å². The van der Waals surface area contributed by atoms with E-state index in [1.165, 1.54) is 24.0 Å². The molecule has 2 N–H and O–H groups in total. The topological polar surface area (TPSA) is 56.3 Å². The van der Waals surface area contributed by atoms with Crippen molar-refractivity contribution in [1.29, 1.82) is 0 Å². The van der Waals surface area contributed by atoms with E-state index in [0.717, 1.165) is 31.8 Å². The van der Waals surface area contributed by atoms with Gasteiger partial charge in [-0.05, 0) is 81.8 Å². The third-order valence-electron chi connectivity index (χ3n) is 5.58. The smallest absolute Gasteiger partial charge is 0.136 e. The van der Waals surface area contributed by atoms with E-state index in [-0.39, 0.29) is 10.2 Å². The van der Waals surface area contributed by atoms with Crippen molar-refractivity contribution in [3.8, 4) is 5.75 Å². The fourth-order valence-electron chi connectivity index (χ4n) is 4.17. The standard InChI is InChI=1S/C19H30N2O2S/c1-18(2,3)24(22)21-13-17-16-11-15(23-4)6-5-14(16)12-19(17)7-9-20-10-8-19/h5-6,11,17,20-21H,7-10,12-13H2,1-4H3/t17-,24?/m1/s1. The van der Waals surface area contributed by atoms with Gasteiger partial charge in [-0.25, -0.2) is 0 Å². The monoisotopic (exact) mass is 350 g/mol. The SMILES string of the molecule is COc1ccc2c(c1)[C@@H](CN[S+]([O-])C(C)(C)C)C1(CCNCC1)C2. The fourth-order valence-corrected chi connectivity index (χ4v) is 4.92. The van der Waals surface area contributed by atoms with Crippen LogP contribution in [0.3, 0.4) is 0 Å². The van der Waals surface area contributed by atoms with Gasteiger partial charge >= 0.3 is 0 Å². The average Bonchev–Trinajstić information content (AvgIpc) is 2.84. The molecule has 5 heteroatoms. The van der Waals surface area contributed by atoms with Crippen LogP contribution in [-0.2, 0) is 17.8 Å². The van der Waals surface area contributed by atoms with Crippen LogP contribution >= 0.6 is 0 Å². The van der Waals surface area contributed by atoms with Crippen molar-refractivity contribution < 1.29 is 9.29 Å². The number of nitrogens with one attached hydrogen (secondary N) is 2. The minimum atomic E-state index is -1.04. The second-order valence-electron chi connectivity index (χ2n) is 8.14. The third kappa shape index (κ3) is 3.45. The molecule has 1 spiro atoms. The number of ether oxygens (including phenoxy) is 1. The highest BCUT2D eigenvalue weighted by molar-refractivity contribution is 7.90. The third-order valence-corrected chi connectivity index (χ3v) is 7.13. The predicted octanol–water partition coefficient (Wildman–Crippen LogP) is 2.76. The largest absolute Gasteiger partial charge is 0.598 e. The van der Waals surface area contributed by atoms with E-state index in [2.05, 4.69) is 28.2 Å². The highest BCUT2D eigenvalue weighted by Gasteiger charge is 2.47. The molecular weight excluding hydrogens is 320 g/mol. The van der Waals surface area contributed by atoms with Crippen LogP contribution in [0.4, 0.5) is 0 Å².